The Balaban J connectivity index is 1.24. The largest absolute Gasteiger partial charge is 0.490 e. The number of nitrogens with zero attached hydrogens (tertiary/aromatic N) is 3. The number of aromatic nitrogens is 2. The summed E-state index contributed by atoms with van der Waals surface area (Å²) in [5.74, 6) is 2.12. The fraction of sp³-hybridized carbons (Fsp3) is 0.600. The summed E-state index contributed by atoms with van der Waals surface area (Å²) in [6, 6.07) is 8.77. The van der Waals surface area contributed by atoms with Crippen LogP contribution in [0.2, 0.25) is 0 Å². The maximum Gasteiger partial charge on any atom is 0.324 e. The van der Waals surface area contributed by atoms with E-state index in [4.69, 9.17) is 17.6 Å². The molecule has 3 heterocycles. The van der Waals surface area contributed by atoms with Gasteiger partial charge in [-0.25, -0.2) is 0 Å². The molecule has 0 amide bonds. The summed E-state index contributed by atoms with van der Waals surface area (Å²) in [7, 11) is 0. The molecule has 2 aliphatic heterocycles. The molecule has 8 nitrogen and oxygen atoms in total. The zero-order valence-electron chi connectivity index (χ0n) is 16.8. The molecule has 2 saturated heterocycles. The fourth-order valence-corrected chi connectivity index (χ4v) is 4.16. The van der Waals surface area contributed by atoms with Crippen molar-refractivity contribution in [2.75, 3.05) is 31.2 Å². The number of ether oxygens (including phenoxy) is 1. The topological polar surface area (TPSA) is 86.9 Å². The average molecular weight is 422 g/mol. The number of anilines is 1. The molecule has 29 heavy (non-hydrogen) atoms. The van der Waals surface area contributed by atoms with E-state index in [0.29, 0.717) is 19.2 Å². The van der Waals surface area contributed by atoms with Gasteiger partial charge in [0.05, 0.1) is 13.2 Å². The highest BCUT2D eigenvalue weighted by molar-refractivity contribution is 7.75. The Hall–Kier alpha value is -1.97. The van der Waals surface area contributed by atoms with Crippen LogP contribution in [0.25, 0.3) is 0 Å². The van der Waals surface area contributed by atoms with Crippen molar-refractivity contribution in [1.82, 2.24) is 10.1 Å². The van der Waals surface area contributed by atoms with E-state index in [9.17, 15) is 4.21 Å². The second kappa shape index (κ2) is 9.23. The number of rotatable bonds is 6. The van der Waals surface area contributed by atoms with Crippen molar-refractivity contribution in [2.24, 2.45) is 5.92 Å². The van der Waals surface area contributed by atoms with E-state index < -0.39 is 11.4 Å². The third kappa shape index (κ3) is 5.34. The average Bonchev–Trinajstić information content (AvgIpc) is 3.22. The minimum absolute atomic E-state index is 0.180. The monoisotopic (exact) mass is 421 g/mol. The molecule has 0 atom stereocenters. The van der Waals surface area contributed by atoms with Gasteiger partial charge in [0.15, 0.2) is 5.82 Å². The van der Waals surface area contributed by atoms with E-state index in [0.717, 1.165) is 43.9 Å². The van der Waals surface area contributed by atoms with Gasteiger partial charge in [0.1, 0.15) is 11.9 Å². The van der Waals surface area contributed by atoms with Gasteiger partial charge in [-0.2, -0.15) is 9.19 Å². The summed E-state index contributed by atoms with van der Waals surface area (Å²) >= 11 is -1.58. The van der Waals surface area contributed by atoms with Crippen LogP contribution in [0.15, 0.2) is 28.8 Å². The smallest absolute Gasteiger partial charge is 0.324 e. The maximum absolute atomic E-state index is 11.1. The summed E-state index contributed by atoms with van der Waals surface area (Å²) in [5, 5.41) is 4.04. The molecule has 4 rings (SSSR count). The van der Waals surface area contributed by atoms with Gasteiger partial charge in [0, 0.05) is 37.8 Å². The molecule has 2 fully saturated rings. The molecule has 0 aliphatic carbocycles. The Kier molecular flexibility index (Phi) is 6.46. The van der Waals surface area contributed by atoms with Gasteiger partial charge in [-0.05, 0) is 24.1 Å². The molecule has 1 aromatic carbocycles. The van der Waals surface area contributed by atoms with Gasteiger partial charge in [0.25, 0.3) is 0 Å². The molecular weight excluding hydrogens is 394 g/mol. The van der Waals surface area contributed by atoms with Gasteiger partial charge < -0.3 is 14.2 Å². The molecular formula is C20H27N3O5S. The highest BCUT2D eigenvalue weighted by Gasteiger charge is 2.25. The maximum atomic E-state index is 11.1. The summed E-state index contributed by atoms with van der Waals surface area (Å²) in [6.07, 6.45) is 2.84. The quantitative estimate of drug-likeness (QED) is 0.703. The minimum Gasteiger partial charge on any atom is -0.490 e. The summed E-state index contributed by atoms with van der Waals surface area (Å²) < 4.78 is 32.7. The van der Waals surface area contributed by atoms with E-state index in [2.05, 4.69) is 41.0 Å². The molecule has 0 bridgehead atoms. The van der Waals surface area contributed by atoms with Crippen LogP contribution in [-0.4, -0.2) is 46.8 Å². The Morgan fingerprint density at radius 2 is 1.86 bits per heavy atom. The first-order valence-corrected chi connectivity index (χ1v) is 11.1. The minimum atomic E-state index is -1.58. The SMILES string of the molecule is CC(C)c1noc(N2CCC(Oc3ccc(C[C@H]4CO[S@](=O)OC4)cc3)CC2)n1. The number of hydrogen-bond acceptors (Lipinski definition) is 8. The van der Waals surface area contributed by atoms with Crippen LogP contribution >= 0.6 is 0 Å². The molecule has 158 valence electrons. The number of piperidine rings is 1. The molecule has 2 aliphatic rings. The van der Waals surface area contributed by atoms with Gasteiger partial charge in [-0.3, -0.25) is 8.37 Å². The lowest BCUT2D eigenvalue weighted by atomic mass is 10.0. The van der Waals surface area contributed by atoms with E-state index in [-0.39, 0.29) is 17.9 Å². The first-order chi connectivity index (χ1) is 14.1. The third-order valence-corrected chi connectivity index (χ3v) is 5.87. The van der Waals surface area contributed by atoms with Crippen molar-refractivity contribution < 1.29 is 21.8 Å². The summed E-state index contributed by atoms with van der Waals surface area (Å²) in [4.78, 5) is 6.60. The molecule has 0 N–H and O–H groups in total. The van der Waals surface area contributed by atoms with Crippen LogP contribution in [0.1, 0.15) is 44.0 Å². The van der Waals surface area contributed by atoms with Crippen molar-refractivity contribution in [3.05, 3.63) is 35.7 Å². The van der Waals surface area contributed by atoms with E-state index in [1.165, 1.54) is 5.56 Å². The van der Waals surface area contributed by atoms with Crippen LogP contribution in [-0.2, 0) is 26.1 Å². The van der Waals surface area contributed by atoms with Crippen molar-refractivity contribution in [1.29, 1.82) is 0 Å². The van der Waals surface area contributed by atoms with Gasteiger partial charge in [0.2, 0.25) is 0 Å². The number of benzene rings is 1. The lowest BCUT2D eigenvalue weighted by molar-refractivity contribution is 0.124. The molecule has 0 radical (unpaired) electrons. The lowest BCUT2D eigenvalue weighted by Crippen LogP contribution is -2.38. The van der Waals surface area contributed by atoms with Crippen LogP contribution < -0.4 is 9.64 Å². The Labute approximate surface area is 173 Å². The predicted molar refractivity (Wildman–Crippen MR) is 108 cm³/mol. The van der Waals surface area contributed by atoms with Crippen molar-refractivity contribution in [3.63, 3.8) is 0 Å². The third-order valence-electron chi connectivity index (χ3n) is 5.21. The molecule has 1 aromatic heterocycles. The zero-order chi connectivity index (χ0) is 20.2. The fourth-order valence-electron chi connectivity index (χ4n) is 3.49. The van der Waals surface area contributed by atoms with Crippen molar-refractivity contribution in [2.45, 2.75) is 45.1 Å². The predicted octanol–water partition coefficient (Wildman–Crippen LogP) is 3.03. The van der Waals surface area contributed by atoms with Crippen LogP contribution in [0.3, 0.4) is 0 Å². The van der Waals surface area contributed by atoms with Crippen molar-refractivity contribution >= 4 is 17.4 Å². The number of hydrogen-bond donors (Lipinski definition) is 0. The highest BCUT2D eigenvalue weighted by atomic mass is 32.2. The zero-order valence-corrected chi connectivity index (χ0v) is 17.6. The molecule has 0 unspecified atom stereocenters. The normalized spacial score (nSPS) is 23.5. The van der Waals surface area contributed by atoms with Crippen LogP contribution in [0.4, 0.5) is 6.01 Å². The van der Waals surface area contributed by atoms with E-state index in [1.54, 1.807) is 0 Å². The molecule has 2 aromatic rings. The first-order valence-electron chi connectivity index (χ1n) is 10.1. The first kappa shape index (κ1) is 20.3. The summed E-state index contributed by atoms with van der Waals surface area (Å²) in [5.41, 5.74) is 1.19. The van der Waals surface area contributed by atoms with Gasteiger partial charge >= 0.3 is 17.4 Å². The highest BCUT2D eigenvalue weighted by Crippen LogP contribution is 2.24. The molecule has 9 heteroatoms. The molecule has 0 saturated carbocycles. The van der Waals surface area contributed by atoms with E-state index in [1.807, 2.05) is 12.1 Å². The van der Waals surface area contributed by atoms with E-state index >= 15 is 0 Å². The Bertz CT molecular complexity index is 808. The summed E-state index contributed by atoms with van der Waals surface area (Å²) in [6.45, 7) is 6.71. The van der Waals surface area contributed by atoms with Gasteiger partial charge in [-0.15, -0.1) is 0 Å². The Morgan fingerprint density at radius 1 is 1.17 bits per heavy atom. The Morgan fingerprint density at radius 3 is 2.48 bits per heavy atom. The standard InChI is InChI=1S/C20H27N3O5S/c1-14(2)19-21-20(28-22-19)23-9-7-18(8-10-23)27-17-5-3-15(4-6-17)11-16-12-25-29(24)26-13-16/h3-6,14,16,18H,7-13H2,1-2H3/t16-,29-. The van der Waals surface area contributed by atoms with Crippen LogP contribution in [0, 0.1) is 5.92 Å². The van der Waals surface area contributed by atoms with Gasteiger partial charge in [-0.1, -0.05) is 31.1 Å². The van der Waals surface area contributed by atoms with Crippen LogP contribution in [0.5, 0.6) is 5.75 Å². The second-order valence-electron chi connectivity index (χ2n) is 7.88. The van der Waals surface area contributed by atoms with Crippen molar-refractivity contribution in [3.8, 4) is 5.75 Å². The second-order valence-corrected chi connectivity index (χ2v) is 8.76. The lowest BCUT2D eigenvalue weighted by Gasteiger charge is -2.30. The molecule has 0 spiro atoms.